The zero-order chi connectivity index (χ0) is 17.4. The van der Waals surface area contributed by atoms with Gasteiger partial charge in [-0.3, -0.25) is 4.98 Å². The first-order chi connectivity index (χ1) is 12.1. The molecule has 25 heavy (non-hydrogen) atoms. The monoisotopic (exact) mass is 332 g/mol. The molecule has 3 aromatic heterocycles. The molecule has 0 radical (unpaired) electrons. The van der Waals surface area contributed by atoms with E-state index in [0.29, 0.717) is 0 Å². The minimum atomic E-state index is -0.266. The normalized spacial score (nSPS) is 12.4. The van der Waals surface area contributed by atoms with Gasteiger partial charge in [0.05, 0.1) is 5.52 Å². The molecule has 4 rings (SSSR count). The van der Waals surface area contributed by atoms with Crippen LogP contribution in [0.2, 0.25) is 0 Å². The molecule has 0 saturated heterocycles. The second-order valence-corrected chi connectivity index (χ2v) is 6.05. The van der Waals surface area contributed by atoms with Crippen LogP contribution in [0.1, 0.15) is 18.5 Å². The largest absolute Gasteiger partial charge is 0.324 e. The van der Waals surface area contributed by atoms with Gasteiger partial charge in [0.15, 0.2) is 0 Å². The molecular formula is C20H17FN4. The smallest absolute Gasteiger partial charge is 0.123 e. The van der Waals surface area contributed by atoms with Crippen molar-refractivity contribution in [2.45, 2.75) is 13.0 Å². The van der Waals surface area contributed by atoms with Crippen molar-refractivity contribution in [1.82, 2.24) is 14.6 Å². The van der Waals surface area contributed by atoms with Crippen LogP contribution in [0.5, 0.6) is 0 Å². The first-order valence-corrected chi connectivity index (χ1v) is 8.07. The van der Waals surface area contributed by atoms with Crippen LogP contribution in [-0.2, 0) is 0 Å². The van der Waals surface area contributed by atoms with Gasteiger partial charge in [-0.15, -0.1) is 0 Å². The van der Waals surface area contributed by atoms with Crippen LogP contribution < -0.4 is 5.73 Å². The van der Waals surface area contributed by atoms with E-state index in [9.17, 15) is 4.39 Å². The number of nitrogens with two attached hydrogens (primary N) is 1. The average molecular weight is 332 g/mol. The fraction of sp³-hybridized carbons (Fsp3) is 0.100. The second-order valence-electron chi connectivity index (χ2n) is 6.05. The van der Waals surface area contributed by atoms with Gasteiger partial charge in [0.1, 0.15) is 11.5 Å². The fourth-order valence-corrected chi connectivity index (χ4v) is 2.95. The number of hydrogen-bond donors (Lipinski definition) is 1. The van der Waals surface area contributed by atoms with Crippen molar-refractivity contribution >= 4 is 5.52 Å². The lowest BCUT2D eigenvalue weighted by Gasteiger charge is -2.06. The van der Waals surface area contributed by atoms with Gasteiger partial charge in [-0.1, -0.05) is 6.07 Å². The van der Waals surface area contributed by atoms with E-state index in [4.69, 9.17) is 10.8 Å². The molecule has 0 fully saturated rings. The number of benzene rings is 1. The van der Waals surface area contributed by atoms with E-state index in [1.165, 1.54) is 12.1 Å². The summed E-state index contributed by atoms with van der Waals surface area (Å²) in [7, 11) is 0. The summed E-state index contributed by atoms with van der Waals surface area (Å²) in [6, 6.07) is 14.2. The summed E-state index contributed by atoms with van der Waals surface area (Å²) in [5.41, 5.74) is 11.6. The van der Waals surface area contributed by atoms with E-state index >= 15 is 0 Å². The molecular weight excluding hydrogens is 315 g/mol. The van der Waals surface area contributed by atoms with Crippen LogP contribution >= 0.6 is 0 Å². The van der Waals surface area contributed by atoms with Gasteiger partial charge < -0.3 is 5.73 Å². The maximum absolute atomic E-state index is 13.3. The Morgan fingerprint density at radius 3 is 2.36 bits per heavy atom. The minimum absolute atomic E-state index is 0.0766. The van der Waals surface area contributed by atoms with Crippen molar-refractivity contribution in [1.29, 1.82) is 0 Å². The third kappa shape index (κ3) is 2.79. The average Bonchev–Trinajstić information content (AvgIpc) is 3.01. The van der Waals surface area contributed by atoms with E-state index in [1.54, 1.807) is 24.5 Å². The number of hydrogen-bond acceptors (Lipinski definition) is 3. The number of fused-ring (bicyclic) bond motifs is 1. The van der Waals surface area contributed by atoms with Gasteiger partial charge in [0.25, 0.3) is 0 Å². The Hall–Kier alpha value is -3.05. The van der Waals surface area contributed by atoms with Gasteiger partial charge >= 0.3 is 0 Å². The molecule has 0 saturated carbocycles. The number of aromatic nitrogens is 3. The zero-order valence-corrected chi connectivity index (χ0v) is 13.7. The predicted molar refractivity (Wildman–Crippen MR) is 96.4 cm³/mol. The summed E-state index contributed by atoms with van der Waals surface area (Å²) in [5.74, 6) is -0.266. The molecule has 0 spiro atoms. The molecule has 0 aliphatic rings. The summed E-state index contributed by atoms with van der Waals surface area (Å²) in [6.45, 7) is 1.94. The van der Waals surface area contributed by atoms with Gasteiger partial charge in [-0.05, 0) is 60.5 Å². The molecule has 5 heteroatoms. The lowest BCUT2D eigenvalue weighted by molar-refractivity contribution is 0.628. The number of nitrogens with zero attached hydrogens (tertiary/aromatic N) is 3. The number of pyridine rings is 2. The highest BCUT2D eigenvalue weighted by molar-refractivity contribution is 5.92. The van der Waals surface area contributed by atoms with E-state index in [1.807, 2.05) is 41.9 Å². The van der Waals surface area contributed by atoms with Gasteiger partial charge in [0.2, 0.25) is 0 Å². The Kier molecular flexibility index (Phi) is 3.78. The molecule has 4 aromatic rings. The lowest BCUT2D eigenvalue weighted by Crippen LogP contribution is -2.06. The third-order valence-electron chi connectivity index (χ3n) is 4.26. The van der Waals surface area contributed by atoms with Gasteiger partial charge in [0, 0.05) is 35.8 Å². The molecule has 0 aliphatic carbocycles. The summed E-state index contributed by atoms with van der Waals surface area (Å²) in [4.78, 5) is 4.09. The molecule has 0 aliphatic heterocycles. The van der Waals surface area contributed by atoms with E-state index in [-0.39, 0.29) is 11.9 Å². The fourth-order valence-electron chi connectivity index (χ4n) is 2.95. The van der Waals surface area contributed by atoms with Crippen LogP contribution in [0.15, 0.2) is 67.1 Å². The van der Waals surface area contributed by atoms with Crippen LogP contribution in [0.25, 0.3) is 27.9 Å². The first-order valence-electron chi connectivity index (χ1n) is 8.07. The molecule has 1 aromatic carbocycles. The lowest BCUT2D eigenvalue weighted by atomic mass is 10.0. The molecule has 0 amide bonds. The van der Waals surface area contributed by atoms with Crippen LogP contribution in [0.4, 0.5) is 4.39 Å². The summed E-state index contributed by atoms with van der Waals surface area (Å²) < 4.78 is 15.2. The maximum atomic E-state index is 13.3. The molecule has 1 atom stereocenters. The Bertz CT molecular complexity index is 1020. The summed E-state index contributed by atoms with van der Waals surface area (Å²) in [6.07, 6.45) is 5.45. The van der Waals surface area contributed by atoms with E-state index in [0.717, 1.165) is 33.5 Å². The predicted octanol–water partition coefficient (Wildman–Crippen LogP) is 4.22. The highest BCUT2D eigenvalue weighted by Crippen LogP contribution is 2.35. The highest BCUT2D eigenvalue weighted by atomic mass is 19.1. The molecule has 0 unspecified atom stereocenters. The van der Waals surface area contributed by atoms with Crippen LogP contribution in [-0.4, -0.2) is 14.6 Å². The van der Waals surface area contributed by atoms with E-state index < -0.39 is 0 Å². The van der Waals surface area contributed by atoms with Gasteiger partial charge in [-0.2, -0.15) is 5.10 Å². The van der Waals surface area contributed by atoms with Crippen molar-refractivity contribution in [3.05, 3.63) is 78.5 Å². The molecule has 3 heterocycles. The molecule has 0 bridgehead atoms. The van der Waals surface area contributed by atoms with Crippen molar-refractivity contribution in [2.24, 2.45) is 5.73 Å². The van der Waals surface area contributed by atoms with Crippen molar-refractivity contribution in [2.75, 3.05) is 0 Å². The summed E-state index contributed by atoms with van der Waals surface area (Å²) >= 11 is 0. The molecule has 2 N–H and O–H groups in total. The number of halogens is 1. The minimum Gasteiger partial charge on any atom is -0.324 e. The van der Waals surface area contributed by atoms with Crippen LogP contribution in [0, 0.1) is 5.82 Å². The standard InChI is InChI=1S/C20H17FN4/c1-13(22)16-4-7-18-19(14-8-10-23-11-9-14)20(24-25(18)12-16)15-2-5-17(21)6-3-15/h2-13H,22H2,1H3/t13-/m0/s1. The molecule has 4 nitrogen and oxygen atoms in total. The Morgan fingerprint density at radius 2 is 1.68 bits per heavy atom. The Labute approximate surface area is 144 Å². The van der Waals surface area contributed by atoms with Crippen molar-refractivity contribution in [3.8, 4) is 22.4 Å². The summed E-state index contributed by atoms with van der Waals surface area (Å²) in [5, 5.41) is 4.75. The quantitative estimate of drug-likeness (QED) is 0.611. The highest BCUT2D eigenvalue weighted by Gasteiger charge is 2.17. The van der Waals surface area contributed by atoms with Crippen molar-refractivity contribution < 1.29 is 4.39 Å². The molecule has 124 valence electrons. The topological polar surface area (TPSA) is 56.2 Å². The van der Waals surface area contributed by atoms with Crippen molar-refractivity contribution in [3.63, 3.8) is 0 Å². The second kappa shape index (κ2) is 6.11. The first kappa shape index (κ1) is 15.5. The van der Waals surface area contributed by atoms with Gasteiger partial charge in [-0.25, -0.2) is 8.91 Å². The Morgan fingerprint density at radius 1 is 0.960 bits per heavy atom. The third-order valence-corrected chi connectivity index (χ3v) is 4.26. The number of rotatable bonds is 3. The zero-order valence-electron chi connectivity index (χ0n) is 13.7. The maximum Gasteiger partial charge on any atom is 0.123 e. The van der Waals surface area contributed by atoms with E-state index in [2.05, 4.69) is 4.98 Å². The SMILES string of the molecule is C[C@H](N)c1ccc2c(-c3ccncc3)c(-c3ccc(F)cc3)nn2c1. The Balaban J connectivity index is 2.01. The van der Waals surface area contributed by atoms with Crippen LogP contribution in [0.3, 0.4) is 0 Å².